The zero-order valence-corrected chi connectivity index (χ0v) is 39.7. The third-order valence-electron chi connectivity index (χ3n) is 12.0. The van der Waals surface area contributed by atoms with Gasteiger partial charge in [0.15, 0.2) is 0 Å². The van der Waals surface area contributed by atoms with Crippen molar-refractivity contribution in [2.24, 2.45) is 0 Å². The second kappa shape index (κ2) is 46.7. The van der Waals surface area contributed by atoms with E-state index in [1.54, 1.807) is 0 Å². The summed E-state index contributed by atoms with van der Waals surface area (Å²) in [6.45, 7) is 14.7. The number of rotatable bonds is 47. The van der Waals surface area contributed by atoms with Gasteiger partial charge in [-0.15, -0.1) is 0 Å². The van der Waals surface area contributed by atoms with Crippen molar-refractivity contribution in [3.63, 3.8) is 0 Å². The van der Waals surface area contributed by atoms with E-state index in [0.717, 1.165) is 123 Å². The fraction of sp³-hybridized carbons (Fsp3) is 0.961. The SMILES string of the molecule is CCCCCCCCC(CCCCCCCC)OC(=O)CCCCCCN(CCCCO)CCCCCCOC(=O)N(CCCCCCCC)CCCCCCCC. The van der Waals surface area contributed by atoms with Crippen molar-refractivity contribution in [2.45, 2.75) is 271 Å². The van der Waals surface area contributed by atoms with E-state index in [4.69, 9.17) is 9.47 Å². The Hall–Kier alpha value is -1.34. The van der Waals surface area contributed by atoms with Gasteiger partial charge in [-0.1, -0.05) is 182 Å². The Kier molecular flexibility index (Phi) is 45.6. The first-order chi connectivity index (χ1) is 28.5. The quantitative estimate of drug-likeness (QED) is 0.0486. The van der Waals surface area contributed by atoms with E-state index in [2.05, 4.69) is 32.6 Å². The average Bonchev–Trinajstić information content (AvgIpc) is 3.22. The minimum absolute atomic E-state index is 0.0148. The molecule has 7 nitrogen and oxygen atoms in total. The molecule has 0 bridgehead atoms. The molecule has 0 aromatic heterocycles. The van der Waals surface area contributed by atoms with Gasteiger partial charge in [-0.05, 0) is 96.7 Å². The molecule has 0 aliphatic heterocycles. The Bertz CT molecular complexity index is 810. The van der Waals surface area contributed by atoms with E-state index in [1.807, 2.05) is 4.90 Å². The van der Waals surface area contributed by atoms with Crippen molar-refractivity contribution in [3.8, 4) is 0 Å². The van der Waals surface area contributed by atoms with Crippen molar-refractivity contribution in [1.82, 2.24) is 9.80 Å². The van der Waals surface area contributed by atoms with E-state index in [-0.39, 0.29) is 24.8 Å². The summed E-state index contributed by atoms with van der Waals surface area (Å²) in [4.78, 5) is 30.4. The molecular formula is C51H102N2O5. The lowest BCUT2D eigenvalue weighted by Crippen LogP contribution is -2.33. The smallest absolute Gasteiger partial charge is 0.409 e. The predicted octanol–water partition coefficient (Wildman–Crippen LogP) is 15.1. The van der Waals surface area contributed by atoms with Gasteiger partial charge in [-0.3, -0.25) is 4.79 Å². The van der Waals surface area contributed by atoms with E-state index < -0.39 is 0 Å². The number of nitrogens with zero attached hydrogens (tertiary/aromatic N) is 2. The van der Waals surface area contributed by atoms with Crippen LogP contribution in [0.25, 0.3) is 0 Å². The summed E-state index contributed by atoms with van der Waals surface area (Å²) < 4.78 is 11.9. The average molecular weight is 823 g/mol. The van der Waals surface area contributed by atoms with Crippen LogP contribution >= 0.6 is 0 Å². The first-order valence-electron chi connectivity index (χ1n) is 26.0. The Labute approximate surface area is 362 Å². The van der Waals surface area contributed by atoms with Crippen LogP contribution in [0.3, 0.4) is 0 Å². The second-order valence-electron chi connectivity index (χ2n) is 17.7. The highest BCUT2D eigenvalue weighted by Gasteiger charge is 2.16. The van der Waals surface area contributed by atoms with Crippen LogP contribution in [0, 0.1) is 0 Å². The number of carbonyl (C=O) groups is 2. The Morgan fingerprint density at radius 3 is 1.24 bits per heavy atom. The Morgan fingerprint density at radius 1 is 0.431 bits per heavy atom. The molecule has 0 aliphatic rings. The maximum Gasteiger partial charge on any atom is 0.409 e. The van der Waals surface area contributed by atoms with Crippen LogP contribution in [-0.4, -0.2) is 79.0 Å². The lowest BCUT2D eigenvalue weighted by atomic mass is 10.0. The molecule has 7 heteroatoms. The van der Waals surface area contributed by atoms with Crippen LogP contribution in [0.4, 0.5) is 4.79 Å². The van der Waals surface area contributed by atoms with Gasteiger partial charge < -0.3 is 24.4 Å². The Balaban J connectivity index is 4.44. The number of amides is 1. The van der Waals surface area contributed by atoms with Crippen molar-refractivity contribution < 1.29 is 24.2 Å². The van der Waals surface area contributed by atoms with Gasteiger partial charge in [0.1, 0.15) is 6.10 Å². The van der Waals surface area contributed by atoms with Gasteiger partial charge in [0.2, 0.25) is 0 Å². The Morgan fingerprint density at radius 2 is 0.793 bits per heavy atom. The molecule has 0 radical (unpaired) electrons. The van der Waals surface area contributed by atoms with Crippen LogP contribution in [0.15, 0.2) is 0 Å². The third kappa shape index (κ3) is 40.1. The molecule has 0 fully saturated rings. The molecule has 0 aromatic rings. The van der Waals surface area contributed by atoms with Crippen LogP contribution in [0.1, 0.15) is 265 Å². The number of ether oxygens (including phenoxy) is 2. The molecule has 0 saturated heterocycles. The maximum atomic E-state index is 13.0. The summed E-state index contributed by atoms with van der Waals surface area (Å²) in [5, 5.41) is 9.36. The lowest BCUT2D eigenvalue weighted by molar-refractivity contribution is -0.150. The number of aliphatic hydroxyl groups is 1. The molecule has 0 rings (SSSR count). The highest BCUT2D eigenvalue weighted by Crippen LogP contribution is 2.19. The van der Waals surface area contributed by atoms with Gasteiger partial charge in [0.05, 0.1) is 6.61 Å². The standard InChI is InChI=1S/C51H102N2O5/c1-5-9-13-17-21-29-39-49(40-30-22-18-14-10-6-2)58-50(55)41-31-23-26-32-42-52(44-36-37-47-54)43-33-27-28-38-48-57-51(56)53(45-34-24-19-15-11-7-3)46-35-25-20-16-12-8-4/h49,54H,5-48H2,1-4H3. The summed E-state index contributed by atoms with van der Waals surface area (Å²) in [7, 11) is 0. The molecule has 1 amide bonds. The number of carbonyl (C=O) groups excluding carboxylic acids is 2. The van der Waals surface area contributed by atoms with Gasteiger partial charge in [-0.2, -0.15) is 0 Å². The molecule has 0 saturated carbocycles. The highest BCUT2D eigenvalue weighted by molar-refractivity contribution is 5.69. The zero-order valence-electron chi connectivity index (χ0n) is 39.7. The molecule has 0 heterocycles. The summed E-state index contributed by atoms with van der Waals surface area (Å²) in [5.74, 6) is 0.0148. The number of hydrogen-bond acceptors (Lipinski definition) is 6. The molecule has 0 spiro atoms. The second-order valence-corrected chi connectivity index (χ2v) is 17.7. The molecule has 0 unspecified atom stereocenters. The van der Waals surface area contributed by atoms with Crippen LogP contribution in [0.2, 0.25) is 0 Å². The van der Waals surface area contributed by atoms with Crippen LogP contribution in [-0.2, 0) is 14.3 Å². The topological polar surface area (TPSA) is 79.3 Å². The highest BCUT2D eigenvalue weighted by atomic mass is 16.6. The van der Waals surface area contributed by atoms with Gasteiger partial charge in [0.25, 0.3) is 0 Å². The molecule has 0 aromatic carbocycles. The molecular weight excluding hydrogens is 721 g/mol. The number of unbranched alkanes of at least 4 members (excludes halogenated alkanes) is 27. The normalized spacial score (nSPS) is 11.6. The van der Waals surface area contributed by atoms with Crippen molar-refractivity contribution >= 4 is 12.1 Å². The van der Waals surface area contributed by atoms with E-state index >= 15 is 0 Å². The van der Waals surface area contributed by atoms with Gasteiger partial charge >= 0.3 is 12.1 Å². The fourth-order valence-electron chi connectivity index (χ4n) is 8.05. The minimum Gasteiger partial charge on any atom is -0.462 e. The van der Waals surface area contributed by atoms with Crippen molar-refractivity contribution in [1.29, 1.82) is 0 Å². The molecule has 0 aliphatic carbocycles. The summed E-state index contributed by atoms with van der Waals surface area (Å²) in [6.07, 6.45) is 43.3. The van der Waals surface area contributed by atoms with Crippen molar-refractivity contribution in [2.75, 3.05) is 45.9 Å². The van der Waals surface area contributed by atoms with Crippen molar-refractivity contribution in [3.05, 3.63) is 0 Å². The summed E-state index contributed by atoms with van der Waals surface area (Å²) >= 11 is 0. The van der Waals surface area contributed by atoms with Crippen LogP contribution < -0.4 is 0 Å². The maximum absolute atomic E-state index is 13.0. The monoisotopic (exact) mass is 823 g/mol. The molecule has 58 heavy (non-hydrogen) atoms. The lowest BCUT2D eigenvalue weighted by Gasteiger charge is -2.23. The largest absolute Gasteiger partial charge is 0.462 e. The first-order valence-corrected chi connectivity index (χ1v) is 26.0. The molecule has 1 N–H and O–H groups in total. The van der Waals surface area contributed by atoms with E-state index in [1.165, 1.54) is 141 Å². The number of esters is 1. The zero-order chi connectivity index (χ0) is 42.4. The number of aliphatic hydroxyl groups excluding tert-OH is 1. The first kappa shape index (κ1) is 56.7. The van der Waals surface area contributed by atoms with Gasteiger partial charge in [-0.25, -0.2) is 4.79 Å². The van der Waals surface area contributed by atoms with E-state index in [0.29, 0.717) is 13.0 Å². The molecule has 0 atom stereocenters. The van der Waals surface area contributed by atoms with Crippen LogP contribution in [0.5, 0.6) is 0 Å². The molecule has 346 valence electrons. The summed E-state index contributed by atoms with van der Waals surface area (Å²) in [5.41, 5.74) is 0. The minimum atomic E-state index is -0.106. The fourth-order valence-corrected chi connectivity index (χ4v) is 8.05. The van der Waals surface area contributed by atoms with Gasteiger partial charge in [0, 0.05) is 26.1 Å². The van der Waals surface area contributed by atoms with E-state index in [9.17, 15) is 14.7 Å². The number of hydrogen-bond donors (Lipinski definition) is 1. The third-order valence-corrected chi connectivity index (χ3v) is 12.0. The summed E-state index contributed by atoms with van der Waals surface area (Å²) in [6, 6.07) is 0. The predicted molar refractivity (Wildman–Crippen MR) is 250 cm³/mol.